The van der Waals surface area contributed by atoms with Crippen molar-refractivity contribution in [1.29, 1.82) is 0 Å². The highest BCUT2D eigenvalue weighted by molar-refractivity contribution is 9.10. The van der Waals surface area contributed by atoms with Gasteiger partial charge >= 0.3 is 0 Å². The topological polar surface area (TPSA) is 55.1 Å². The lowest BCUT2D eigenvalue weighted by Gasteiger charge is -2.02. The number of aromatic nitrogens is 2. The number of carbonyl (C=O) groups is 1. The van der Waals surface area contributed by atoms with Crippen LogP contribution in [0.3, 0.4) is 0 Å². The summed E-state index contributed by atoms with van der Waals surface area (Å²) in [7, 11) is 1.79. The van der Waals surface area contributed by atoms with Gasteiger partial charge in [0.15, 0.2) is 0 Å². The highest BCUT2D eigenvalue weighted by Crippen LogP contribution is 2.26. The van der Waals surface area contributed by atoms with Gasteiger partial charge in [-0.2, -0.15) is 5.10 Å². The van der Waals surface area contributed by atoms with Crippen molar-refractivity contribution >= 4 is 22.2 Å². The highest BCUT2D eigenvalue weighted by atomic mass is 79.9. The van der Waals surface area contributed by atoms with Crippen LogP contribution in [0.15, 0.2) is 4.47 Å². The summed E-state index contributed by atoms with van der Waals surface area (Å²) in [6, 6.07) is 0. The third-order valence-electron chi connectivity index (χ3n) is 1.92. The van der Waals surface area contributed by atoms with Crippen molar-refractivity contribution in [3.05, 3.63) is 15.9 Å². The Balaban J connectivity index is 3.00. The molecule has 0 amide bonds. The number of nitrogens with zero attached hydrogens (tertiary/aromatic N) is 2. The summed E-state index contributed by atoms with van der Waals surface area (Å²) >= 11 is 3.31. The van der Waals surface area contributed by atoms with Crippen LogP contribution in [0.2, 0.25) is 0 Å². The van der Waals surface area contributed by atoms with Crippen LogP contribution in [-0.4, -0.2) is 21.2 Å². The first kappa shape index (κ1) is 10.4. The van der Waals surface area contributed by atoms with Gasteiger partial charge in [0.1, 0.15) is 18.1 Å². The fraction of sp³-hybridized carbons (Fsp3) is 0.500. The van der Waals surface area contributed by atoms with Crippen LogP contribution >= 0.6 is 15.9 Å². The molecule has 0 spiro atoms. The van der Waals surface area contributed by atoms with Gasteiger partial charge in [-0.05, 0) is 22.9 Å². The minimum absolute atomic E-state index is 0.0784. The van der Waals surface area contributed by atoms with Crippen molar-refractivity contribution < 1.29 is 9.90 Å². The minimum Gasteiger partial charge on any atom is -0.386 e. The Labute approximate surface area is 84.7 Å². The summed E-state index contributed by atoms with van der Waals surface area (Å²) in [6.07, 6.45) is -0.0531. The van der Waals surface area contributed by atoms with Gasteiger partial charge in [0, 0.05) is 19.2 Å². The molecule has 1 atom stereocenters. The first-order valence-electron chi connectivity index (χ1n) is 3.88. The molecule has 1 unspecified atom stereocenters. The van der Waals surface area contributed by atoms with Crippen LogP contribution in [-0.2, 0) is 11.8 Å². The van der Waals surface area contributed by atoms with E-state index in [0.717, 1.165) is 10.2 Å². The number of carbonyl (C=O) groups excluding carboxylic acids is 1. The van der Waals surface area contributed by atoms with E-state index in [1.807, 2.05) is 6.92 Å². The number of aliphatic hydroxyl groups is 1. The molecule has 0 saturated heterocycles. The third-order valence-corrected chi connectivity index (χ3v) is 2.90. The maximum atomic E-state index is 10.2. The van der Waals surface area contributed by atoms with Crippen LogP contribution in [0.25, 0.3) is 0 Å². The first-order chi connectivity index (χ1) is 6.07. The fourth-order valence-corrected chi connectivity index (χ4v) is 1.62. The quantitative estimate of drug-likeness (QED) is 0.814. The third kappa shape index (κ3) is 1.97. The molecule has 0 radical (unpaired) electrons. The van der Waals surface area contributed by atoms with Gasteiger partial charge in [-0.15, -0.1) is 0 Å². The number of aldehydes is 1. The molecule has 0 aliphatic heterocycles. The molecule has 1 rings (SSSR count). The molecule has 4 nitrogen and oxygen atoms in total. The first-order valence-corrected chi connectivity index (χ1v) is 4.68. The molecule has 0 fully saturated rings. The summed E-state index contributed by atoms with van der Waals surface area (Å²) in [5.74, 6) is 0. The van der Waals surface area contributed by atoms with Gasteiger partial charge < -0.3 is 9.90 Å². The Hall–Kier alpha value is -0.680. The SMILES string of the molecule is Cc1c(Br)c(C(O)CC=O)nn1C. The summed E-state index contributed by atoms with van der Waals surface area (Å²) in [4.78, 5) is 10.2. The maximum Gasteiger partial charge on any atom is 0.122 e. The summed E-state index contributed by atoms with van der Waals surface area (Å²) in [5, 5.41) is 13.6. The Morgan fingerprint density at radius 2 is 2.38 bits per heavy atom. The van der Waals surface area contributed by atoms with Crippen LogP contribution in [0.5, 0.6) is 0 Å². The Morgan fingerprint density at radius 1 is 1.77 bits per heavy atom. The molecule has 0 aliphatic rings. The molecule has 5 heteroatoms. The van der Waals surface area contributed by atoms with Crippen molar-refractivity contribution in [3.8, 4) is 0 Å². The molecule has 13 heavy (non-hydrogen) atoms. The Bertz CT molecular complexity index is 322. The smallest absolute Gasteiger partial charge is 0.122 e. The summed E-state index contributed by atoms with van der Waals surface area (Å²) in [5.41, 5.74) is 1.45. The van der Waals surface area contributed by atoms with Crippen molar-refractivity contribution in [2.45, 2.75) is 19.4 Å². The van der Waals surface area contributed by atoms with Gasteiger partial charge in [0.05, 0.1) is 4.47 Å². The Kier molecular flexibility index (Phi) is 3.22. The number of aliphatic hydroxyl groups excluding tert-OH is 1. The maximum absolute atomic E-state index is 10.2. The van der Waals surface area contributed by atoms with E-state index in [0.29, 0.717) is 12.0 Å². The fourth-order valence-electron chi connectivity index (χ4n) is 1.02. The second-order valence-electron chi connectivity index (χ2n) is 2.83. The van der Waals surface area contributed by atoms with Gasteiger partial charge in [0.25, 0.3) is 0 Å². The molecule has 1 heterocycles. The largest absolute Gasteiger partial charge is 0.386 e. The molecule has 1 aromatic rings. The lowest BCUT2D eigenvalue weighted by molar-refractivity contribution is -0.109. The normalized spacial score (nSPS) is 12.9. The second kappa shape index (κ2) is 4.02. The van der Waals surface area contributed by atoms with E-state index in [1.165, 1.54) is 0 Å². The van der Waals surface area contributed by atoms with E-state index in [-0.39, 0.29) is 6.42 Å². The second-order valence-corrected chi connectivity index (χ2v) is 3.62. The zero-order valence-electron chi connectivity index (χ0n) is 7.49. The van der Waals surface area contributed by atoms with Gasteiger partial charge in [-0.3, -0.25) is 4.68 Å². The molecular weight excluding hydrogens is 236 g/mol. The van der Waals surface area contributed by atoms with E-state index in [1.54, 1.807) is 11.7 Å². The van der Waals surface area contributed by atoms with Crippen LogP contribution < -0.4 is 0 Å². The summed E-state index contributed by atoms with van der Waals surface area (Å²) < 4.78 is 2.43. The Morgan fingerprint density at radius 3 is 2.77 bits per heavy atom. The monoisotopic (exact) mass is 246 g/mol. The van der Waals surface area contributed by atoms with Crippen LogP contribution in [0.1, 0.15) is 23.9 Å². The van der Waals surface area contributed by atoms with Crippen LogP contribution in [0.4, 0.5) is 0 Å². The van der Waals surface area contributed by atoms with Crippen molar-refractivity contribution in [1.82, 2.24) is 9.78 Å². The van der Waals surface area contributed by atoms with E-state index < -0.39 is 6.10 Å². The van der Waals surface area contributed by atoms with Crippen molar-refractivity contribution in [2.75, 3.05) is 0 Å². The van der Waals surface area contributed by atoms with Gasteiger partial charge in [-0.1, -0.05) is 0 Å². The lowest BCUT2D eigenvalue weighted by atomic mass is 10.2. The summed E-state index contributed by atoms with van der Waals surface area (Å²) in [6.45, 7) is 1.88. The predicted molar refractivity (Wildman–Crippen MR) is 51.3 cm³/mol. The number of halogens is 1. The molecule has 0 saturated carbocycles. The molecule has 1 N–H and O–H groups in total. The average molecular weight is 247 g/mol. The molecule has 0 aliphatic carbocycles. The lowest BCUT2D eigenvalue weighted by Crippen LogP contribution is -2.00. The van der Waals surface area contributed by atoms with E-state index in [4.69, 9.17) is 0 Å². The van der Waals surface area contributed by atoms with Crippen molar-refractivity contribution in [2.24, 2.45) is 7.05 Å². The number of aryl methyl sites for hydroxylation is 1. The number of hydrogen-bond acceptors (Lipinski definition) is 3. The number of rotatable bonds is 3. The minimum atomic E-state index is -0.813. The zero-order valence-corrected chi connectivity index (χ0v) is 9.08. The zero-order chi connectivity index (χ0) is 10.0. The molecule has 72 valence electrons. The molecule has 1 aromatic heterocycles. The molecular formula is C8H11BrN2O2. The van der Waals surface area contributed by atoms with E-state index >= 15 is 0 Å². The molecule has 0 aromatic carbocycles. The van der Waals surface area contributed by atoms with Crippen LogP contribution in [0, 0.1) is 6.92 Å². The average Bonchev–Trinajstić information content (AvgIpc) is 2.33. The van der Waals surface area contributed by atoms with Gasteiger partial charge in [0.2, 0.25) is 0 Å². The molecule has 0 bridgehead atoms. The van der Waals surface area contributed by atoms with E-state index in [9.17, 15) is 9.90 Å². The standard InChI is InChI=1S/C8H11BrN2O2/c1-5-7(9)8(10-11(5)2)6(13)3-4-12/h4,6,13H,3H2,1-2H3. The highest BCUT2D eigenvalue weighted by Gasteiger charge is 2.17. The predicted octanol–water partition coefficient (Wildman–Crippen LogP) is 1.11. The van der Waals surface area contributed by atoms with E-state index in [2.05, 4.69) is 21.0 Å². The number of hydrogen-bond donors (Lipinski definition) is 1. The van der Waals surface area contributed by atoms with Crippen molar-refractivity contribution in [3.63, 3.8) is 0 Å². The van der Waals surface area contributed by atoms with Gasteiger partial charge in [-0.25, -0.2) is 0 Å².